The van der Waals surface area contributed by atoms with Crippen LogP contribution in [0, 0.1) is 5.82 Å². The molecule has 0 saturated heterocycles. The Balaban J connectivity index is 1.66. The Hall–Kier alpha value is -1.78. The van der Waals surface area contributed by atoms with Crippen LogP contribution in [0.5, 0.6) is 5.75 Å². The molecule has 0 atom stereocenters. The highest BCUT2D eigenvalue weighted by Gasteiger charge is 2.11. The lowest BCUT2D eigenvalue weighted by molar-refractivity contribution is 0.0952. The van der Waals surface area contributed by atoms with Crippen molar-refractivity contribution in [1.29, 1.82) is 0 Å². The third-order valence-corrected chi connectivity index (χ3v) is 3.95. The minimum atomic E-state index is -0.292. The summed E-state index contributed by atoms with van der Waals surface area (Å²) in [6.07, 6.45) is 1.52. The second kappa shape index (κ2) is 8.75. The first-order valence-corrected chi connectivity index (χ1v) is 7.94. The highest BCUT2D eigenvalue weighted by molar-refractivity contribution is 6.43. The summed E-state index contributed by atoms with van der Waals surface area (Å²) >= 11 is 11.9. The molecular weight excluding hydrogens is 340 g/mol. The van der Waals surface area contributed by atoms with Crippen LogP contribution in [0.2, 0.25) is 10.0 Å². The smallest absolute Gasteiger partial charge is 0.252 e. The van der Waals surface area contributed by atoms with E-state index < -0.39 is 0 Å². The molecule has 0 spiro atoms. The molecule has 23 heavy (non-hydrogen) atoms. The van der Waals surface area contributed by atoms with Gasteiger partial charge in [-0.2, -0.15) is 0 Å². The minimum absolute atomic E-state index is 0.253. The summed E-state index contributed by atoms with van der Waals surface area (Å²) in [6.45, 7) is 1.01. The van der Waals surface area contributed by atoms with Crippen LogP contribution in [0.15, 0.2) is 42.5 Å². The summed E-state index contributed by atoms with van der Waals surface area (Å²) in [6, 6.07) is 10.8. The van der Waals surface area contributed by atoms with Crippen molar-refractivity contribution in [3.8, 4) is 5.75 Å². The summed E-state index contributed by atoms with van der Waals surface area (Å²) in [5, 5.41) is 3.40. The van der Waals surface area contributed by atoms with Gasteiger partial charge in [0.2, 0.25) is 0 Å². The number of rotatable bonds is 7. The van der Waals surface area contributed by atoms with Crippen LogP contribution in [0.1, 0.15) is 23.2 Å². The topological polar surface area (TPSA) is 38.3 Å². The number of ether oxygens (including phenoxy) is 1. The zero-order valence-electron chi connectivity index (χ0n) is 12.3. The Bertz CT molecular complexity index is 662. The van der Waals surface area contributed by atoms with Crippen LogP contribution in [0.3, 0.4) is 0 Å². The normalized spacial score (nSPS) is 10.4. The Morgan fingerprint density at radius 1 is 1.09 bits per heavy atom. The molecule has 0 aromatic heterocycles. The van der Waals surface area contributed by atoms with Gasteiger partial charge in [-0.05, 0) is 49.2 Å². The van der Waals surface area contributed by atoms with E-state index in [0.29, 0.717) is 29.5 Å². The number of hydrogen-bond donors (Lipinski definition) is 1. The van der Waals surface area contributed by atoms with E-state index in [1.807, 2.05) is 0 Å². The summed E-state index contributed by atoms with van der Waals surface area (Å²) in [5.41, 5.74) is 0.363. The van der Waals surface area contributed by atoms with Crippen LogP contribution in [0.4, 0.5) is 4.39 Å². The molecule has 0 bridgehead atoms. The van der Waals surface area contributed by atoms with Gasteiger partial charge in [-0.25, -0.2) is 4.39 Å². The van der Waals surface area contributed by atoms with Crippen molar-refractivity contribution in [1.82, 2.24) is 5.32 Å². The molecule has 0 radical (unpaired) electrons. The monoisotopic (exact) mass is 355 g/mol. The van der Waals surface area contributed by atoms with E-state index in [9.17, 15) is 9.18 Å². The SMILES string of the molecule is O=C(NCCCCOc1ccc(F)cc1)c1cccc(Cl)c1Cl. The van der Waals surface area contributed by atoms with Gasteiger partial charge >= 0.3 is 0 Å². The Morgan fingerprint density at radius 3 is 2.57 bits per heavy atom. The average Bonchev–Trinajstić information content (AvgIpc) is 2.55. The van der Waals surface area contributed by atoms with E-state index in [-0.39, 0.29) is 16.7 Å². The maximum atomic E-state index is 12.7. The second-order valence-electron chi connectivity index (χ2n) is 4.87. The summed E-state index contributed by atoms with van der Waals surface area (Å²) in [7, 11) is 0. The predicted molar refractivity (Wildman–Crippen MR) is 89.9 cm³/mol. The van der Waals surface area contributed by atoms with Crippen molar-refractivity contribution < 1.29 is 13.9 Å². The van der Waals surface area contributed by atoms with Crippen LogP contribution < -0.4 is 10.1 Å². The van der Waals surface area contributed by atoms with Crippen molar-refractivity contribution in [2.24, 2.45) is 0 Å². The average molecular weight is 356 g/mol. The van der Waals surface area contributed by atoms with Crippen molar-refractivity contribution in [2.75, 3.05) is 13.2 Å². The molecule has 2 aromatic rings. The first kappa shape index (κ1) is 17.6. The van der Waals surface area contributed by atoms with Crippen LogP contribution >= 0.6 is 23.2 Å². The van der Waals surface area contributed by atoms with E-state index >= 15 is 0 Å². The number of amides is 1. The number of benzene rings is 2. The number of unbranched alkanes of at least 4 members (excludes halogenated alkanes) is 1. The van der Waals surface area contributed by atoms with Crippen molar-refractivity contribution in [2.45, 2.75) is 12.8 Å². The van der Waals surface area contributed by atoms with E-state index in [1.165, 1.54) is 12.1 Å². The Labute approximate surface area is 144 Å². The van der Waals surface area contributed by atoms with Gasteiger partial charge in [-0.3, -0.25) is 4.79 Å². The fourth-order valence-corrected chi connectivity index (χ4v) is 2.31. The van der Waals surface area contributed by atoms with Crippen LogP contribution in [-0.2, 0) is 0 Å². The lowest BCUT2D eigenvalue weighted by Crippen LogP contribution is -2.25. The predicted octanol–water partition coefficient (Wildman–Crippen LogP) is 4.72. The fraction of sp³-hybridized carbons (Fsp3) is 0.235. The number of carbonyl (C=O) groups excluding carboxylic acids is 1. The molecule has 0 aliphatic carbocycles. The largest absolute Gasteiger partial charge is 0.494 e. The molecule has 6 heteroatoms. The van der Waals surface area contributed by atoms with Gasteiger partial charge in [0.1, 0.15) is 11.6 Å². The highest BCUT2D eigenvalue weighted by Crippen LogP contribution is 2.25. The number of hydrogen-bond acceptors (Lipinski definition) is 2. The van der Waals surface area contributed by atoms with E-state index in [0.717, 1.165) is 12.8 Å². The fourth-order valence-electron chi connectivity index (χ4n) is 1.92. The quantitative estimate of drug-likeness (QED) is 0.729. The summed E-state index contributed by atoms with van der Waals surface area (Å²) < 4.78 is 18.2. The first-order chi connectivity index (χ1) is 11.1. The lowest BCUT2D eigenvalue weighted by atomic mass is 10.2. The number of nitrogens with one attached hydrogen (secondary N) is 1. The Kier molecular flexibility index (Phi) is 6.68. The molecule has 3 nitrogen and oxygen atoms in total. The third kappa shape index (κ3) is 5.41. The molecular formula is C17H16Cl2FNO2. The van der Waals surface area contributed by atoms with Crippen molar-refractivity contribution in [3.05, 3.63) is 63.9 Å². The molecule has 0 saturated carbocycles. The van der Waals surface area contributed by atoms with Gasteiger partial charge in [-0.15, -0.1) is 0 Å². The second-order valence-corrected chi connectivity index (χ2v) is 5.65. The van der Waals surface area contributed by atoms with Gasteiger partial charge in [0.05, 0.1) is 22.2 Å². The molecule has 122 valence electrons. The van der Waals surface area contributed by atoms with Crippen LogP contribution in [-0.4, -0.2) is 19.1 Å². The van der Waals surface area contributed by atoms with Crippen molar-refractivity contribution in [3.63, 3.8) is 0 Å². The van der Waals surface area contributed by atoms with Gasteiger partial charge in [0, 0.05) is 6.54 Å². The van der Waals surface area contributed by atoms with Gasteiger partial charge in [-0.1, -0.05) is 29.3 Å². The molecule has 1 amide bonds. The van der Waals surface area contributed by atoms with E-state index in [1.54, 1.807) is 30.3 Å². The van der Waals surface area contributed by atoms with Gasteiger partial charge in [0.25, 0.3) is 5.91 Å². The van der Waals surface area contributed by atoms with E-state index in [4.69, 9.17) is 27.9 Å². The molecule has 0 fully saturated rings. The lowest BCUT2D eigenvalue weighted by Gasteiger charge is -2.08. The molecule has 2 rings (SSSR count). The van der Waals surface area contributed by atoms with Gasteiger partial charge in [0.15, 0.2) is 0 Å². The number of halogens is 3. The summed E-state index contributed by atoms with van der Waals surface area (Å²) in [5.74, 6) is 0.0813. The number of carbonyl (C=O) groups is 1. The van der Waals surface area contributed by atoms with Crippen LogP contribution in [0.25, 0.3) is 0 Å². The molecule has 0 aliphatic rings. The van der Waals surface area contributed by atoms with Crippen molar-refractivity contribution >= 4 is 29.1 Å². The standard InChI is InChI=1S/C17H16Cl2FNO2/c18-15-5-3-4-14(16(15)19)17(22)21-10-1-2-11-23-13-8-6-12(20)7-9-13/h3-9H,1-2,10-11H2,(H,21,22). The Morgan fingerprint density at radius 2 is 1.83 bits per heavy atom. The maximum Gasteiger partial charge on any atom is 0.252 e. The zero-order chi connectivity index (χ0) is 16.7. The molecule has 1 N–H and O–H groups in total. The highest BCUT2D eigenvalue weighted by atomic mass is 35.5. The third-order valence-electron chi connectivity index (χ3n) is 3.14. The zero-order valence-corrected chi connectivity index (χ0v) is 13.8. The maximum absolute atomic E-state index is 12.7. The molecule has 2 aromatic carbocycles. The van der Waals surface area contributed by atoms with E-state index in [2.05, 4.69) is 5.32 Å². The summed E-state index contributed by atoms with van der Waals surface area (Å²) in [4.78, 5) is 12.0. The first-order valence-electron chi connectivity index (χ1n) is 7.18. The van der Waals surface area contributed by atoms with Gasteiger partial charge < -0.3 is 10.1 Å². The minimum Gasteiger partial charge on any atom is -0.494 e. The molecule has 0 unspecified atom stereocenters. The molecule has 0 aliphatic heterocycles. The molecule has 0 heterocycles.